The molecule has 2 N–H and O–H groups in total. The molecular formula is C12H18N2O3. The highest BCUT2D eigenvalue weighted by molar-refractivity contribution is 5.49. The van der Waals surface area contributed by atoms with Crippen LogP contribution in [0.2, 0.25) is 0 Å². The van der Waals surface area contributed by atoms with Crippen molar-refractivity contribution in [1.29, 1.82) is 0 Å². The summed E-state index contributed by atoms with van der Waals surface area (Å²) in [5.41, 5.74) is 6.73. The molecule has 5 heteroatoms. The molecule has 0 bridgehead atoms. The highest BCUT2D eigenvalue weighted by Gasteiger charge is 2.17. The van der Waals surface area contributed by atoms with Gasteiger partial charge in [-0.1, -0.05) is 25.8 Å². The van der Waals surface area contributed by atoms with Gasteiger partial charge in [-0.3, -0.25) is 10.1 Å². The molecule has 0 spiro atoms. The highest BCUT2D eigenvalue weighted by Crippen LogP contribution is 2.30. The molecule has 0 heterocycles. The van der Waals surface area contributed by atoms with Gasteiger partial charge in [-0.05, 0) is 18.1 Å². The highest BCUT2D eigenvalue weighted by atomic mass is 16.6. The minimum atomic E-state index is -0.450. The Morgan fingerprint density at radius 3 is 2.76 bits per heavy atom. The molecule has 0 fully saturated rings. The number of hydrogen-bond acceptors (Lipinski definition) is 4. The van der Waals surface area contributed by atoms with E-state index in [1.807, 2.05) is 0 Å². The minimum Gasteiger partial charge on any atom is -0.490 e. The molecule has 17 heavy (non-hydrogen) atoms. The van der Waals surface area contributed by atoms with E-state index in [2.05, 4.69) is 6.92 Å². The zero-order chi connectivity index (χ0) is 12.8. The lowest BCUT2D eigenvalue weighted by atomic mass is 10.0. The third-order valence-corrected chi connectivity index (χ3v) is 2.70. The van der Waals surface area contributed by atoms with Gasteiger partial charge in [0.1, 0.15) is 0 Å². The molecular weight excluding hydrogens is 220 g/mol. The molecule has 1 aromatic rings. The summed E-state index contributed by atoms with van der Waals surface area (Å²) >= 11 is 0. The molecule has 0 amide bonds. The molecule has 1 aromatic carbocycles. The number of benzene rings is 1. The van der Waals surface area contributed by atoms with Crippen molar-refractivity contribution < 1.29 is 9.66 Å². The van der Waals surface area contributed by atoms with Crippen LogP contribution in [0.4, 0.5) is 5.69 Å². The summed E-state index contributed by atoms with van der Waals surface area (Å²) in [4.78, 5) is 10.4. The lowest BCUT2D eigenvalue weighted by Crippen LogP contribution is -2.10. The molecule has 1 rings (SSSR count). The largest absolute Gasteiger partial charge is 0.490 e. The molecule has 1 atom stereocenters. The topological polar surface area (TPSA) is 78.4 Å². The summed E-state index contributed by atoms with van der Waals surface area (Å²) in [6.45, 7) is 2.09. The fourth-order valence-corrected chi connectivity index (χ4v) is 1.67. The Bertz CT molecular complexity index is 393. The van der Waals surface area contributed by atoms with E-state index in [0.717, 1.165) is 24.8 Å². The zero-order valence-electron chi connectivity index (χ0n) is 10.2. The minimum absolute atomic E-state index is 0.0306. The summed E-state index contributed by atoms with van der Waals surface area (Å²) in [5, 5.41) is 10.9. The molecule has 5 nitrogen and oxygen atoms in total. The van der Waals surface area contributed by atoms with Gasteiger partial charge in [-0.2, -0.15) is 0 Å². The predicted octanol–water partition coefficient (Wildman–Crippen LogP) is 2.79. The van der Waals surface area contributed by atoms with Gasteiger partial charge in [0.2, 0.25) is 0 Å². The van der Waals surface area contributed by atoms with Gasteiger partial charge in [-0.25, -0.2) is 0 Å². The van der Waals surface area contributed by atoms with Gasteiger partial charge < -0.3 is 10.5 Å². The second kappa shape index (κ2) is 6.20. The molecule has 94 valence electrons. The lowest BCUT2D eigenvalue weighted by Gasteiger charge is -2.12. The average molecular weight is 238 g/mol. The van der Waals surface area contributed by atoms with Gasteiger partial charge in [-0.15, -0.1) is 0 Å². The molecule has 0 aliphatic rings. The Balaban J connectivity index is 2.95. The normalized spacial score (nSPS) is 12.2. The van der Waals surface area contributed by atoms with E-state index in [1.54, 1.807) is 12.1 Å². The second-order valence-corrected chi connectivity index (χ2v) is 3.94. The fourth-order valence-electron chi connectivity index (χ4n) is 1.67. The number of nitro benzene ring substituents is 1. The summed E-state index contributed by atoms with van der Waals surface area (Å²) in [5.74, 6) is 0.265. The molecule has 0 aromatic heterocycles. The SMILES string of the molecule is CCCC[C@H](N)c1ccc(OC)c([N+](=O)[O-])c1. The number of ether oxygens (including phenoxy) is 1. The molecule has 0 radical (unpaired) electrons. The van der Waals surface area contributed by atoms with E-state index in [9.17, 15) is 10.1 Å². The van der Waals surface area contributed by atoms with Crippen molar-refractivity contribution in [2.45, 2.75) is 32.2 Å². The van der Waals surface area contributed by atoms with Crippen LogP contribution in [-0.4, -0.2) is 12.0 Å². The first kappa shape index (κ1) is 13.4. The number of rotatable bonds is 6. The van der Waals surface area contributed by atoms with E-state index < -0.39 is 4.92 Å². The molecule has 0 saturated carbocycles. The quantitative estimate of drug-likeness (QED) is 0.610. The Labute approximate surface area is 101 Å². The summed E-state index contributed by atoms with van der Waals surface area (Å²) in [7, 11) is 1.42. The van der Waals surface area contributed by atoms with Gasteiger partial charge >= 0.3 is 5.69 Å². The third kappa shape index (κ3) is 3.42. The van der Waals surface area contributed by atoms with Crippen molar-refractivity contribution in [1.82, 2.24) is 0 Å². The van der Waals surface area contributed by atoms with Gasteiger partial charge in [0, 0.05) is 12.1 Å². The van der Waals surface area contributed by atoms with Crippen molar-refractivity contribution in [3.05, 3.63) is 33.9 Å². The van der Waals surface area contributed by atoms with Crippen molar-refractivity contribution in [3.63, 3.8) is 0 Å². The van der Waals surface area contributed by atoms with E-state index >= 15 is 0 Å². The fraction of sp³-hybridized carbons (Fsp3) is 0.500. The number of unbranched alkanes of at least 4 members (excludes halogenated alkanes) is 1. The maximum Gasteiger partial charge on any atom is 0.311 e. The predicted molar refractivity (Wildman–Crippen MR) is 66.1 cm³/mol. The smallest absolute Gasteiger partial charge is 0.311 e. The zero-order valence-corrected chi connectivity index (χ0v) is 10.2. The molecule has 0 unspecified atom stereocenters. The van der Waals surface area contributed by atoms with E-state index in [4.69, 9.17) is 10.5 Å². The van der Waals surface area contributed by atoms with Crippen LogP contribution in [0.15, 0.2) is 18.2 Å². The van der Waals surface area contributed by atoms with E-state index in [1.165, 1.54) is 13.2 Å². The monoisotopic (exact) mass is 238 g/mol. The number of hydrogen-bond donors (Lipinski definition) is 1. The Morgan fingerprint density at radius 2 is 2.24 bits per heavy atom. The first-order chi connectivity index (χ1) is 8.10. The first-order valence-electron chi connectivity index (χ1n) is 5.68. The Morgan fingerprint density at radius 1 is 1.53 bits per heavy atom. The van der Waals surface area contributed by atoms with Gasteiger partial charge in [0.15, 0.2) is 5.75 Å². The molecule has 0 saturated heterocycles. The first-order valence-corrected chi connectivity index (χ1v) is 5.68. The maximum absolute atomic E-state index is 10.9. The van der Waals surface area contributed by atoms with Crippen LogP contribution >= 0.6 is 0 Å². The Kier molecular flexibility index (Phi) is 4.90. The standard InChI is InChI=1S/C12H18N2O3/c1-3-4-5-10(13)9-6-7-12(17-2)11(8-9)14(15)16/h6-8,10H,3-5,13H2,1-2H3/t10-/m0/s1. The summed E-state index contributed by atoms with van der Waals surface area (Å²) < 4.78 is 4.94. The average Bonchev–Trinajstić information content (AvgIpc) is 2.34. The summed E-state index contributed by atoms with van der Waals surface area (Å²) in [6, 6.07) is 4.73. The number of nitro groups is 1. The lowest BCUT2D eigenvalue weighted by molar-refractivity contribution is -0.385. The number of methoxy groups -OCH3 is 1. The van der Waals surface area contributed by atoms with Crippen LogP contribution in [0.5, 0.6) is 5.75 Å². The van der Waals surface area contributed by atoms with Crippen molar-refractivity contribution in [2.24, 2.45) is 5.73 Å². The third-order valence-electron chi connectivity index (χ3n) is 2.70. The second-order valence-electron chi connectivity index (χ2n) is 3.94. The van der Waals surface area contributed by atoms with Crippen molar-refractivity contribution in [3.8, 4) is 5.75 Å². The summed E-state index contributed by atoms with van der Waals surface area (Å²) in [6.07, 6.45) is 2.91. The molecule has 0 aliphatic heterocycles. The van der Waals surface area contributed by atoms with Crippen molar-refractivity contribution in [2.75, 3.05) is 7.11 Å². The van der Waals surface area contributed by atoms with E-state index in [-0.39, 0.29) is 17.5 Å². The van der Waals surface area contributed by atoms with Crippen LogP contribution in [0, 0.1) is 10.1 Å². The van der Waals surface area contributed by atoms with E-state index in [0.29, 0.717) is 0 Å². The van der Waals surface area contributed by atoms with Crippen LogP contribution in [-0.2, 0) is 0 Å². The van der Waals surface area contributed by atoms with Crippen LogP contribution in [0.1, 0.15) is 37.8 Å². The van der Waals surface area contributed by atoms with Gasteiger partial charge in [0.25, 0.3) is 0 Å². The maximum atomic E-state index is 10.9. The van der Waals surface area contributed by atoms with Gasteiger partial charge in [0.05, 0.1) is 12.0 Å². The number of nitrogens with two attached hydrogens (primary N) is 1. The Hall–Kier alpha value is -1.62. The van der Waals surface area contributed by atoms with Crippen LogP contribution in [0.25, 0.3) is 0 Å². The van der Waals surface area contributed by atoms with Crippen LogP contribution in [0.3, 0.4) is 0 Å². The number of nitrogens with zero attached hydrogens (tertiary/aromatic N) is 1. The van der Waals surface area contributed by atoms with Crippen molar-refractivity contribution >= 4 is 5.69 Å². The van der Waals surface area contributed by atoms with Crippen LogP contribution < -0.4 is 10.5 Å². The molecule has 0 aliphatic carbocycles.